The Hall–Kier alpha value is -1.06. The highest BCUT2D eigenvalue weighted by molar-refractivity contribution is 6.04. The molecule has 0 amide bonds. The summed E-state index contributed by atoms with van der Waals surface area (Å²) in [4.78, 5) is 24.2. The zero-order chi connectivity index (χ0) is 12.5. The van der Waals surface area contributed by atoms with Crippen LogP contribution < -0.4 is 0 Å². The van der Waals surface area contributed by atoms with Crippen molar-refractivity contribution in [3.8, 4) is 0 Å². The van der Waals surface area contributed by atoms with Gasteiger partial charge in [-0.2, -0.15) is 0 Å². The first-order chi connectivity index (χ1) is 8.19. The third-order valence-electron chi connectivity index (χ3n) is 4.05. The predicted octanol–water partition coefficient (Wildman–Crippen LogP) is 1.92. The summed E-state index contributed by atoms with van der Waals surface area (Å²) in [6.07, 6.45) is 4.09. The summed E-state index contributed by atoms with van der Waals surface area (Å²) < 4.78 is 10.2. The van der Waals surface area contributed by atoms with Gasteiger partial charge in [-0.15, -0.1) is 0 Å². The molecule has 2 fully saturated rings. The van der Waals surface area contributed by atoms with E-state index in [9.17, 15) is 9.59 Å². The summed E-state index contributed by atoms with van der Waals surface area (Å²) in [7, 11) is 0. The minimum Gasteiger partial charge on any atom is -0.465 e. The molecule has 2 saturated carbocycles. The predicted molar refractivity (Wildman–Crippen MR) is 61.1 cm³/mol. The van der Waals surface area contributed by atoms with E-state index in [-0.39, 0.29) is 23.8 Å². The van der Waals surface area contributed by atoms with Gasteiger partial charge in [0.05, 0.1) is 13.2 Å². The molecule has 0 saturated heterocycles. The second-order valence-corrected chi connectivity index (χ2v) is 4.81. The normalized spacial score (nSPS) is 29.1. The molecule has 0 aliphatic heterocycles. The smallest absolute Gasteiger partial charge is 0.324 e. The molecule has 0 radical (unpaired) electrons. The van der Waals surface area contributed by atoms with E-state index in [1.54, 1.807) is 13.8 Å². The molecule has 0 N–H and O–H groups in total. The summed E-state index contributed by atoms with van der Waals surface area (Å²) in [5.41, 5.74) is -0.956. The van der Waals surface area contributed by atoms with Crippen LogP contribution in [0.25, 0.3) is 0 Å². The summed E-state index contributed by atoms with van der Waals surface area (Å²) in [6, 6.07) is 0. The van der Waals surface area contributed by atoms with Crippen LogP contribution in [0.1, 0.15) is 39.5 Å². The molecule has 2 aliphatic carbocycles. The second kappa shape index (κ2) is 4.67. The van der Waals surface area contributed by atoms with Crippen molar-refractivity contribution in [1.82, 2.24) is 0 Å². The van der Waals surface area contributed by atoms with Gasteiger partial charge in [-0.25, -0.2) is 0 Å². The highest BCUT2D eigenvalue weighted by atomic mass is 16.6. The Balaban J connectivity index is 2.19. The van der Waals surface area contributed by atoms with E-state index in [1.807, 2.05) is 0 Å². The van der Waals surface area contributed by atoms with Crippen molar-refractivity contribution in [2.45, 2.75) is 39.5 Å². The summed E-state index contributed by atoms with van der Waals surface area (Å²) in [6.45, 7) is 4.17. The molecule has 0 heterocycles. The van der Waals surface area contributed by atoms with Gasteiger partial charge in [0.1, 0.15) is 0 Å². The lowest BCUT2D eigenvalue weighted by Gasteiger charge is -2.14. The van der Waals surface area contributed by atoms with Gasteiger partial charge >= 0.3 is 11.9 Å². The molecule has 2 aliphatic rings. The third kappa shape index (κ3) is 1.74. The largest absolute Gasteiger partial charge is 0.465 e. The Bertz CT molecular complexity index is 291. The van der Waals surface area contributed by atoms with Crippen LogP contribution in [-0.2, 0) is 19.1 Å². The van der Waals surface area contributed by atoms with Gasteiger partial charge < -0.3 is 9.47 Å². The minimum absolute atomic E-state index is 0.161. The van der Waals surface area contributed by atoms with Crippen LogP contribution in [0.15, 0.2) is 0 Å². The van der Waals surface area contributed by atoms with Gasteiger partial charge in [0.2, 0.25) is 0 Å². The molecule has 2 atom stereocenters. The van der Waals surface area contributed by atoms with Crippen molar-refractivity contribution in [2.24, 2.45) is 17.3 Å². The summed E-state index contributed by atoms with van der Waals surface area (Å²) in [5.74, 6) is -0.408. The summed E-state index contributed by atoms with van der Waals surface area (Å²) in [5, 5.41) is 0. The molecule has 0 aromatic heterocycles. The number of hydrogen-bond donors (Lipinski definition) is 0. The number of carbonyl (C=O) groups is 2. The van der Waals surface area contributed by atoms with Crippen molar-refractivity contribution in [2.75, 3.05) is 13.2 Å². The molecule has 96 valence electrons. The molecule has 4 heteroatoms. The van der Waals surface area contributed by atoms with Gasteiger partial charge in [-0.1, -0.05) is 12.8 Å². The van der Waals surface area contributed by atoms with E-state index >= 15 is 0 Å². The molecule has 17 heavy (non-hydrogen) atoms. The highest BCUT2D eigenvalue weighted by Gasteiger charge is 2.75. The fourth-order valence-electron chi connectivity index (χ4n) is 3.31. The van der Waals surface area contributed by atoms with Gasteiger partial charge in [-0.05, 0) is 38.5 Å². The number of carbonyl (C=O) groups excluding carboxylic acids is 2. The second-order valence-electron chi connectivity index (χ2n) is 4.81. The number of esters is 2. The van der Waals surface area contributed by atoms with Crippen molar-refractivity contribution >= 4 is 11.9 Å². The number of hydrogen-bond acceptors (Lipinski definition) is 4. The molecule has 0 aromatic rings. The first-order valence-electron chi connectivity index (χ1n) is 6.54. The van der Waals surface area contributed by atoms with Gasteiger partial charge in [-0.3, -0.25) is 9.59 Å². The van der Waals surface area contributed by atoms with Crippen LogP contribution in [-0.4, -0.2) is 25.2 Å². The maximum absolute atomic E-state index is 12.1. The highest BCUT2D eigenvalue weighted by Crippen LogP contribution is 2.66. The van der Waals surface area contributed by atoms with Crippen LogP contribution in [0.4, 0.5) is 0 Å². The van der Waals surface area contributed by atoms with E-state index in [1.165, 1.54) is 0 Å². The molecule has 4 nitrogen and oxygen atoms in total. The Morgan fingerprint density at radius 2 is 1.41 bits per heavy atom. The Labute approximate surface area is 102 Å². The molecule has 0 bridgehead atoms. The number of ether oxygens (including phenoxy) is 2. The van der Waals surface area contributed by atoms with E-state index < -0.39 is 5.41 Å². The lowest BCUT2D eigenvalue weighted by atomic mass is 10.0. The zero-order valence-corrected chi connectivity index (χ0v) is 10.5. The molecular weight excluding hydrogens is 220 g/mol. The standard InChI is InChI=1S/C13H20O4/c1-3-16-11(14)13(12(15)17-4-2)9-7-5-6-8-10(9)13/h9-10H,3-8H2,1-2H3/t9-,10-/m1/s1. The number of rotatable bonds is 4. The van der Waals surface area contributed by atoms with E-state index in [4.69, 9.17) is 9.47 Å². The Kier molecular flexibility index (Phi) is 3.40. The maximum atomic E-state index is 12.1. The Morgan fingerprint density at radius 3 is 1.76 bits per heavy atom. The first-order valence-corrected chi connectivity index (χ1v) is 6.54. The van der Waals surface area contributed by atoms with Crippen LogP contribution in [0.5, 0.6) is 0 Å². The molecule has 0 spiro atoms. The SMILES string of the molecule is CCOC(=O)C1(C(=O)OCC)[C@@H]2CCCC[C@H]21. The van der Waals surface area contributed by atoms with Crippen molar-refractivity contribution in [1.29, 1.82) is 0 Å². The van der Waals surface area contributed by atoms with Crippen LogP contribution >= 0.6 is 0 Å². The lowest BCUT2D eigenvalue weighted by molar-refractivity contribution is -0.165. The summed E-state index contributed by atoms with van der Waals surface area (Å²) >= 11 is 0. The average molecular weight is 240 g/mol. The fraction of sp³-hybridized carbons (Fsp3) is 0.846. The van der Waals surface area contributed by atoms with Crippen LogP contribution in [0.2, 0.25) is 0 Å². The molecule has 0 unspecified atom stereocenters. The third-order valence-corrected chi connectivity index (χ3v) is 4.05. The zero-order valence-electron chi connectivity index (χ0n) is 10.5. The van der Waals surface area contributed by atoms with Crippen molar-refractivity contribution in [3.63, 3.8) is 0 Å². The van der Waals surface area contributed by atoms with Crippen molar-refractivity contribution in [3.05, 3.63) is 0 Å². The molecule has 0 aromatic carbocycles. The average Bonchev–Trinajstić information content (AvgIpc) is 2.99. The molecular formula is C13H20O4. The quantitative estimate of drug-likeness (QED) is 0.556. The van der Waals surface area contributed by atoms with Gasteiger partial charge in [0.25, 0.3) is 0 Å². The van der Waals surface area contributed by atoms with Gasteiger partial charge in [0, 0.05) is 0 Å². The van der Waals surface area contributed by atoms with Gasteiger partial charge in [0.15, 0.2) is 5.41 Å². The van der Waals surface area contributed by atoms with E-state index in [0.717, 1.165) is 25.7 Å². The lowest BCUT2D eigenvalue weighted by Crippen LogP contribution is -2.33. The Morgan fingerprint density at radius 1 is 1.00 bits per heavy atom. The fourth-order valence-corrected chi connectivity index (χ4v) is 3.31. The van der Waals surface area contributed by atoms with Crippen LogP contribution in [0.3, 0.4) is 0 Å². The van der Waals surface area contributed by atoms with E-state index in [2.05, 4.69) is 0 Å². The van der Waals surface area contributed by atoms with Crippen LogP contribution in [0, 0.1) is 17.3 Å². The van der Waals surface area contributed by atoms with E-state index in [0.29, 0.717) is 13.2 Å². The number of fused-ring (bicyclic) bond motifs is 1. The first kappa shape index (κ1) is 12.4. The minimum atomic E-state index is -0.956. The topological polar surface area (TPSA) is 52.6 Å². The molecule has 2 rings (SSSR count). The maximum Gasteiger partial charge on any atom is 0.324 e. The monoisotopic (exact) mass is 240 g/mol. The van der Waals surface area contributed by atoms with Crippen molar-refractivity contribution < 1.29 is 19.1 Å².